The van der Waals surface area contributed by atoms with Crippen LogP contribution in [0.3, 0.4) is 0 Å². The van der Waals surface area contributed by atoms with Gasteiger partial charge >= 0.3 is 6.61 Å². The molecular weight excluding hydrogens is 457 g/mol. The maximum Gasteiger partial charge on any atom is 0.387 e. The number of allylic oxidation sites excluding steroid dienone is 3. The van der Waals surface area contributed by atoms with Gasteiger partial charge in [-0.05, 0) is 31.1 Å². The minimum Gasteiger partial charge on any atom is -0.435 e. The van der Waals surface area contributed by atoms with Gasteiger partial charge in [0.25, 0.3) is 5.91 Å². The summed E-state index contributed by atoms with van der Waals surface area (Å²) < 4.78 is 44.2. The molecule has 0 aliphatic rings. The van der Waals surface area contributed by atoms with Crippen LogP contribution in [0.2, 0.25) is 0 Å². The Balaban J connectivity index is 1.79. The summed E-state index contributed by atoms with van der Waals surface area (Å²) in [6, 6.07) is 2.46. The van der Waals surface area contributed by atoms with E-state index in [1.807, 2.05) is 0 Å². The quantitative estimate of drug-likeness (QED) is 0.322. The fraction of sp³-hybridized carbons (Fsp3) is 0.350. The van der Waals surface area contributed by atoms with Crippen LogP contribution in [0.25, 0.3) is 0 Å². The molecule has 0 saturated carbocycles. The van der Waals surface area contributed by atoms with Crippen LogP contribution in [0.4, 0.5) is 13.2 Å². The van der Waals surface area contributed by atoms with Gasteiger partial charge in [0.2, 0.25) is 5.91 Å². The lowest BCUT2D eigenvalue weighted by molar-refractivity contribution is -0.119. The maximum absolute atomic E-state index is 14.2. The molecule has 0 bridgehead atoms. The number of ether oxygens (including phenoxy) is 1. The summed E-state index contributed by atoms with van der Waals surface area (Å²) in [6.07, 6.45) is 4.14. The van der Waals surface area contributed by atoms with E-state index in [0.29, 0.717) is 5.70 Å². The number of aromatic nitrogens is 4. The van der Waals surface area contributed by atoms with Gasteiger partial charge in [0, 0.05) is 25.0 Å². The SMILES string of the molecule is CNC(=O)c1cn(CC(F)CC/C(N)=C/C=C(\N)NC(=O)Cc2cc(OC(F)F)ccn2)nn1. The zero-order chi connectivity index (χ0) is 25.1. The van der Waals surface area contributed by atoms with E-state index in [4.69, 9.17) is 11.5 Å². The topological polar surface area (TPSA) is 163 Å². The van der Waals surface area contributed by atoms with Crippen molar-refractivity contribution in [1.82, 2.24) is 30.6 Å². The number of alkyl halides is 3. The molecule has 0 radical (unpaired) electrons. The number of nitrogens with two attached hydrogens (primary N) is 2. The van der Waals surface area contributed by atoms with E-state index in [0.717, 1.165) is 0 Å². The number of halogens is 3. The van der Waals surface area contributed by atoms with Gasteiger partial charge in [0.15, 0.2) is 5.69 Å². The summed E-state index contributed by atoms with van der Waals surface area (Å²) in [6.45, 7) is -3.08. The van der Waals surface area contributed by atoms with E-state index in [-0.39, 0.29) is 48.8 Å². The Hall–Kier alpha value is -4.10. The van der Waals surface area contributed by atoms with Gasteiger partial charge in [0.05, 0.1) is 24.9 Å². The molecule has 34 heavy (non-hydrogen) atoms. The third-order valence-electron chi connectivity index (χ3n) is 4.25. The first-order chi connectivity index (χ1) is 16.2. The van der Waals surface area contributed by atoms with Crippen molar-refractivity contribution in [2.24, 2.45) is 11.5 Å². The third-order valence-corrected chi connectivity index (χ3v) is 4.25. The largest absolute Gasteiger partial charge is 0.435 e. The number of nitrogens with zero attached hydrogens (tertiary/aromatic N) is 4. The summed E-state index contributed by atoms with van der Waals surface area (Å²) >= 11 is 0. The van der Waals surface area contributed by atoms with Crippen molar-refractivity contribution >= 4 is 11.8 Å². The molecule has 0 fully saturated rings. The highest BCUT2D eigenvalue weighted by Gasteiger charge is 2.13. The smallest absolute Gasteiger partial charge is 0.387 e. The Kier molecular flexibility index (Phi) is 9.86. The lowest BCUT2D eigenvalue weighted by atomic mass is 10.1. The second kappa shape index (κ2) is 12.8. The normalized spacial score (nSPS) is 13.0. The van der Waals surface area contributed by atoms with Crippen LogP contribution in [0.5, 0.6) is 5.75 Å². The minimum atomic E-state index is -2.99. The van der Waals surface area contributed by atoms with Crippen LogP contribution >= 0.6 is 0 Å². The van der Waals surface area contributed by atoms with Crippen LogP contribution < -0.4 is 26.8 Å². The van der Waals surface area contributed by atoms with Crippen LogP contribution in [0.1, 0.15) is 29.0 Å². The number of nitrogens with one attached hydrogen (secondary N) is 2. The minimum absolute atomic E-state index is 0.0194. The number of pyridine rings is 1. The average Bonchev–Trinajstić information content (AvgIpc) is 3.23. The third kappa shape index (κ3) is 9.18. The standard InChI is InChI=1S/C20H25F3N8O3/c1-26-19(33)16-11-31(30-29-16)10-12(21)2-3-13(24)4-5-17(25)28-18(32)9-14-8-15(6-7-27-14)34-20(22)23/h4-8,11-12,20H,2-3,9-10,24-25H2,1H3,(H,26,33)(H,28,32)/b13-4-,17-5+. The highest BCUT2D eigenvalue weighted by Crippen LogP contribution is 2.14. The molecule has 2 rings (SSSR count). The molecule has 6 N–H and O–H groups in total. The average molecular weight is 482 g/mol. The lowest BCUT2D eigenvalue weighted by Crippen LogP contribution is -2.29. The molecule has 0 aliphatic heterocycles. The van der Waals surface area contributed by atoms with Gasteiger partial charge in [-0.1, -0.05) is 5.21 Å². The van der Waals surface area contributed by atoms with E-state index in [2.05, 4.69) is 30.7 Å². The number of carbonyl (C=O) groups excluding carboxylic acids is 2. The van der Waals surface area contributed by atoms with E-state index in [9.17, 15) is 22.8 Å². The van der Waals surface area contributed by atoms with Gasteiger partial charge in [-0.3, -0.25) is 14.6 Å². The fourth-order valence-corrected chi connectivity index (χ4v) is 2.66. The van der Waals surface area contributed by atoms with Crippen molar-refractivity contribution in [1.29, 1.82) is 0 Å². The van der Waals surface area contributed by atoms with Crippen LogP contribution in [-0.4, -0.2) is 51.6 Å². The van der Waals surface area contributed by atoms with E-state index in [1.54, 1.807) is 0 Å². The molecule has 2 aromatic rings. The van der Waals surface area contributed by atoms with E-state index in [1.165, 1.54) is 48.4 Å². The molecule has 1 unspecified atom stereocenters. The van der Waals surface area contributed by atoms with Crippen molar-refractivity contribution in [3.8, 4) is 5.75 Å². The van der Waals surface area contributed by atoms with Gasteiger partial charge in [-0.25, -0.2) is 9.07 Å². The first-order valence-electron chi connectivity index (χ1n) is 10.0. The van der Waals surface area contributed by atoms with Gasteiger partial charge < -0.3 is 26.8 Å². The predicted octanol–water partition coefficient (Wildman–Crippen LogP) is 0.754. The number of carbonyl (C=O) groups is 2. The Labute approximate surface area is 193 Å². The van der Waals surface area contributed by atoms with Gasteiger partial charge in [-0.2, -0.15) is 8.78 Å². The molecule has 0 saturated heterocycles. The summed E-state index contributed by atoms with van der Waals surface area (Å²) in [4.78, 5) is 27.4. The molecule has 184 valence electrons. The molecule has 2 aromatic heterocycles. The predicted molar refractivity (Wildman–Crippen MR) is 115 cm³/mol. The molecule has 11 nitrogen and oxygen atoms in total. The molecule has 1 atom stereocenters. The number of rotatable bonds is 12. The summed E-state index contributed by atoms with van der Waals surface area (Å²) in [5, 5.41) is 12.1. The molecular formula is C20H25F3N8O3. The number of hydrogen-bond donors (Lipinski definition) is 4. The monoisotopic (exact) mass is 482 g/mol. The molecule has 2 amide bonds. The zero-order valence-corrected chi connectivity index (χ0v) is 18.2. The summed E-state index contributed by atoms with van der Waals surface area (Å²) in [5.74, 6) is -1.09. The van der Waals surface area contributed by atoms with Gasteiger partial charge in [-0.15, -0.1) is 5.10 Å². The highest BCUT2D eigenvalue weighted by atomic mass is 19.3. The van der Waals surface area contributed by atoms with E-state index >= 15 is 0 Å². The lowest BCUT2D eigenvalue weighted by Gasteiger charge is -2.08. The Bertz CT molecular complexity index is 1040. The van der Waals surface area contributed by atoms with Crippen LogP contribution in [0, 0.1) is 0 Å². The highest BCUT2D eigenvalue weighted by molar-refractivity contribution is 5.91. The molecule has 0 aliphatic carbocycles. The molecule has 0 aromatic carbocycles. The van der Waals surface area contributed by atoms with Crippen LogP contribution in [-0.2, 0) is 17.8 Å². The van der Waals surface area contributed by atoms with E-state index < -0.39 is 24.6 Å². The summed E-state index contributed by atoms with van der Waals surface area (Å²) in [5.41, 5.74) is 12.2. The first kappa shape index (κ1) is 26.2. The Morgan fingerprint density at radius 3 is 2.74 bits per heavy atom. The fourth-order valence-electron chi connectivity index (χ4n) is 2.66. The number of amides is 2. The zero-order valence-electron chi connectivity index (χ0n) is 18.2. The van der Waals surface area contributed by atoms with Crippen molar-refractivity contribution in [2.75, 3.05) is 7.05 Å². The van der Waals surface area contributed by atoms with Crippen molar-refractivity contribution in [2.45, 2.75) is 38.6 Å². The van der Waals surface area contributed by atoms with Crippen LogP contribution in [0.15, 0.2) is 48.2 Å². The molecule has 2 heterocycles. The Morgan fingerprint density at radius 1 is 1.26 bits per heavy atom. The molecule has 14 heteroatoms. The maximum atomic E-state index is 14.2. The Morgan fingerprint density at radius 2 is 2.03 bits per heavy atom. The van der Waals surface area contributed by atoms with Crippen molar-refractivity contribution in [3.63, 3.8) is 0 Å². The first-order valence-corrected chi connectivity index (χ1v) is 10.0. The number of hydrogen-bond acceptors (Lipinski definition) is 8. The van der Waals surface area contributed by atoms with Crippen molar-refractivity contribution in [3.05, 3.63) is 59.6 Å². The van der Waals surface area contributed by atoms with Crippen molar-refractivity contribution < 1.29 is 27.5 Å². The molecule has 0 spiro atoms. The second-order valence-electron chi connectivity index (χ2n) is 6.99. The van der Waals surface area contributed by atoms with Gasteiger partial charge in [0.1, 0.15) is 17.7 Å². The summed E-state index contributed by atoms with van der Waals surface area (Å²) in [7, 11) is 1.45. The second-order valence-corrected chi connectivity index (χ2v) is 6.99.